The molecule has 2 rings (SSSR count). The van der Waals surface area contributed by atoms with Crippen LogP contribution in [0.4, 0.5) is 0 Å². The van der Waals surface area contributed by atoms with Crippen molar-refractivity contribution in [1.82, 2.24) is 4.90 Å². The van der Waals surface area contributed by atoms with Crippen molar-refractivity contribution >= 4 is 0 Å². The van der Waals surface area contributed by atoms with Gasteiger partial charge in [-0.05, 0) is 49.9 Å². The van der Waals surface area contributed by atoms with Gasteiger partial charge in [-0.1, -0.05) is 24.3 Å². The molecule has 0 aromatic heterocycles. The van der Waals surface area contributed by atoms with Crippen LogP contribution in [0.5, 0.6) is 0 Å². The van der Waals surface area contributed by atoms with Crippen LogP contribution < -0.4 is 0 Å². The van der Waals surface area contributed by atoms with Gasteiger partial charge in [0.05, 0.1) is 0 Å². The molecule has 88 valence electrons. The van der Waals surface area contributed by atoms with Crippen LogP contribution in [0, 0.1) is 0 Å². The molecule has 0 aliphatic carbocycles. The lowest BCUT2D eigenvalue weighted by Gasteiger charge is -2.15. The Balaban J connectivity index is 2.12. The van der Waals surface area contributed by atoms with Crippen molar-refractivity contribution < 1.29 is 5.11 Å². The van der Waals surface area contributed by atoms with Crippen LogP contribution in [-0.2, 0) is 6.42 Å². The summed E-state index contributed by atoms with van der Waals surface area (Å²) in [4.78, 5) is 2.40. The van der Waals surface area contributed by atoms with E-state index in [1.54, 1.807) is 0 Å². The van der Waals surface area contributed by atoms with Crippen molar-refractivity contribution in [1.29, 1.82) is 0 Å². The quantitative estimate of drug-likeness (QED) is 0.837. The standard InChI is InChI=1S/C14H21NO/c1-15-9-8-13(11-15)14-7-3-2-5-12(14)6-4-10-16/h2-3,5,7,13,16H,4,6,8-11H2,1H3. The molecule has 1 aromatic rings. The fraction of sp³-hybridized carbons (Fsp3) is 0.571. The average molecular weight is 219 g/mol. The van der Waals surface area contributed by atoms with E-state index in [0.29, 0.717) is 12.5 Å². The van der Waals surface area contributed by atoms with Crippen molar-refractivity contribution in [3.63, 3.8) is 0 Å². The molecule has 1 fully saturated rings. The first-order valence-electron chi connectivity index (χ1n) is 6.18. The molecule has 0 radical (unpaired) electrons. The van der Waals surface area contributed by atoms with E-state index in [0.717, 1.165) is 12.8 Å². The van der Waals surface area contributed by atoms with Gasteiger partial charge < -0.3 is 10.0 Å². The molecule has 0 spiro atoms. The lowest BCUT2D eigenvalue weighted by atomic mass is 9.91. The van der Waals surface area contributed by atoms with Gasteiger partial charge in [0.2, 0.25) is 0 Å². The summed E-state index contributed by atoms with van der Waals surface area (Å²) in [5.74, 6) is 0.694. The van der Waals surface area contributed by atoms with Crippen molar-refractivity contribution in [2.75, 3.05) is 26.7 Å². The number of likely N-dealkylation sites (tertiary alicyclic amines) is 1. The Morgan fingerprint density at radius 1 is 1.38 bits per heavy atom. The Morgan fingerprint density at radius 2 is 2.19 bits per heavy atom. The zero-order valence-corrected chi connectivity index (χ0v) is 10.0. The fourth-order valence-corrected chi connectivity index (χ4v) is 2.62. The minimum absolute atomic E-state index is 0.291. The third-order valence-corrected chi connectivity index (χ3v) is 3.49. The van der Waals surface area contributed by atoms with Gasteiger partial charge in [-0.25, -0.2) is 0 Å². The Hall–Kier alpha value is -0.860. The van der Waals surface area contributed by atoms with Crippen LogP contribution in [0.3, 0.4) is 0 Å². The lowest BCUT2D eigenvalue weighted by molar-refractivity contribution is 0.288. The molecule has 2 nitrogen and oxygen atoms in total. The van der Waals surface area contributed by atoms with E-state index in [1.807, 2.05) is 0 Å². The van der Waals surface area contributed by atoms with Gasteiger partial charge in [0.25, 0.3) is 0 Å². The molecule has 0 bridgehead atoms. The Morgan fingerprint density at radius 3 is 2.88 bits per heavy atom. The number of aliphatic hydroxyl groups is 1. The number of rotatable bonds is 4. The van der Waals surface area contributed by atoms with Gasteiger partial charge in [-0.15, -0.1) is 0 Å². The molecule has 2 heteroatoms. The van der Waals surface area contributed by atoms with Crippen molar-refractivity contribution in [2.45, 2.75) is 25.2 Å². The van der Waals surface area contributed by atoms with Crippen molar-refractivity contribution in [2.24, 2.45) is 0 Å². The van der Waals surface area contributed by atoms with E-state index >= 15 is 0 Å². The maximum absolute atomic E-state index is 8.92. The van der Waals surface area contributed by atoms with Crippen LogP contribution in [0.2, 0.25) is 0 Å². The minimum Gasteiger partial charge on any atom is -0.396 e. The van der Waals surface area contributed by atoms with E-state index in [2.05, 4.69) is 36.2 Å². The summed E-state index contributed by atoms with van der Waals surface area (Å²) in [7, 11) is 2.19. The highest BCUT2D eigenvalue weighted by Gasteiger charge is 2.22. The van der Waals surface area contributed by atoms with E-state index in [1.165, 1.54) is 30.6 Å². The lowest BCUT2D eigenvalue weighted by Crippen LogP contribution is -2.14. The SMILES string of the molecule is CN1CCC(c2ccccc2CCCO)C1. The van der Waals surface area contributed by atoms with E-state index < -0.39 is 0 Å². The van der Waals surface area contributed by atoms with Crippen LogP contribution in [0.1, 0.15) is 29.9 Å². The highest BCUT2D eigenvalue weighted by atomic mass is 16.2. The monoisotopic (exact) mass is 219 g/mol. The Labute approximate surface area is 97.9 Å². The van der Waals surface area contributed by atoms with Crippen molar-refractivity contribution in [3.8, 4) is 0 Å². The van der Waals surface area contributed by atoms with E-state index in [-0.39, 0.29) is 0 Å². The molecule has 1 aromatic carbocycles. The maximum atomic E-state index is 8.92. The van der Waals surface area contributed by atoms with Gasteiger partial charge in [-0.2, -0.15) is 0 Å². The number of benzene rings is 1. The molecule has 0 amide bonds. The highest BCUT2D eigenvalue weighted by Crippen LogP contribution is 2.29. The zero-order chi connectivity index (χ0) is 11.4. The first-order valence-corrected chi connectivity index (χ1v) is 6.18. The number of aliphatic hydroxyl groups excluding tert-OH is 1. The predicted octanol–water partition coefficient (Wildman–Crippen LogP) is 2.03. The first kappa shape index (κ1) is 11.6. The van der Waals surface area contributed by atoms with E-state index in [9.17, 15) is 0 Å². The van der Waals surface area contributed by atoms with E-state index in [4.69, 9.17) is 5.11 Å². The Bertz CT molecular complexity index is 337. The smallest absolute Gasteiger partial charge is 0.0434 e. The van der Waals surface area contributed by atoms with Crippen LogP contribution >= 0.6 is 0 Å². The van der Waals surface area contributed by atoms with Crippen molar-refractivity contribution in [3.05, 3.63) is 35.4 Å². The topological polar surface area (TPSA) is 23.5 Å². The normalized spacial score (nSPS) is 21.5. The summed E-state index contributed by atoms with van der Waals surface area (Å²) in [6, 6.07) is 8.71. The molecular weight excluding hydrogens is 198 g/mol. The molecule has 1 aliphatic rings. The Kier molecular flexibility index (Phi) is 3.97. The molecule has 1 aliphatic heterocycles. The second-order valence-electron chi connectivity index (χ2n) is 4.77. The molecule has 1 heterocycles. The number of likely N-dealkylation sites (N-methyl/N-ethyl adjacent to an activating group) is 1. The predicted molar refractivity (Wildman–Crippen MR) is 66.7 cm³/mol. The molecule has 1 atom stereocenters. The molecule has 1 saturated heterocycles. The minimum atomic E-state index is 0.291. The molecule has 1 N–H and O–H groups in total. The summed E-state index contributed by atoms with van der Waals surface area (Å²) in [5.41, 5.74) is 2.93. The largest absolute Gasteiger partial charge is 0.396 e. The van der Waals surface area contributed by atoms with Gasteiger partial charge in [0, 0.05) is 13.2 Å². The number of nitrogens with zero attached hydrogens (tertiary/aromatic N) is 1. The van der Waals surface area contributed by atoms with Gasteiger partial charge >= 0.3 is 0 Å². The summed E-state index contributed by atoms with van der Waals surface area (Å²) in [5, 5.41) is 8.92. The van der Waals surface area contributed by atoms with Crippen LogP contribution in [0.25, 0.3) is 0 Å². The molecule has 16 heavy (non-hydrogen) atoms. The second-order valence-corrected chi connectivity index (χ2v) is 4.77. The summed E-state index contributed by atoms with van der Waals surface area (Å²) < 4.78 is 0. The fourth-order valence-electron chi connectivity index (χ4n) is 2.62. The third-order valence-electron chi connectivity index (χ3n) is 3.49. The summed E-state index contributed by atoms with van der Waals surface area (Å²) >= 11 is 0. The van der Waals surface area contributed by atoms with Gasteiger partial charge in [0.15, 0.2) is 0 Å². The average Bonchev–Trinajstić information content (AvgIpc) is 2.73. The van der Waals surface area contributed by atoms with Crippen LogP contribution in [0.15, 0.2) is 24.3 Å². The van der Waals surface area contributed by atoms with Gasteiger partial charge in [0.1, 0.15) is 0 Å². The van der Waals surface area contributed by atoms with Crippen LogP contribution in [-0.4, -0.2) is 36.8 Å². The third kappa shape index (κ3) is 2.63. The summed E-state index contributed by atoms with van der Waals surface area (Å²) in [6.07, 6.45) is 3.15. The molecular formula is C14H21NO. The zero-order valence-electron chi connectivity index (χ0n) is 10.0. The summed E-state index contributed by atoms with van der Waals surface area (Å²) in [6.45, 7) is 2.67. The first-order chi connectivity index (χ1) is 7.81. The number of hydrogen-bond donors (Lipinski definition) is 1. The second kappa shape index (κ2) is 5.46. The highest BCUT2D eigenvalue weighted by molar-refractivity contribution is 5.31. The number of hydrogen-bond acceptors (Lipinski definition) is 2. The molecule has 1 unspecified atom stereocenters. The maximum Gasteiger partial charge on any atom is 0.0434 e. The van der Waals surface area contributed by atoms with Gasteiger partial charge in [-0.3, -0.25) is 0 Å². The number of aryl methyl sites for hydroxylation is 1. The molecule has 0 saturated carbocycles.